The summed E-state index contributed by atoms with van der Waals surface area (Å²) in [4.78, 5) is 0. The van der Waals surface area contributed by atoms with Crippen LogP contribution in [0.1, 0.15) is 22.6 Å². The van der Waals surface area contributed by atoms with Gasteiger partial charge in [-0.05, 0) is 48.6 Å². The summed E-state index contributed by atoms with van der Waals surface area (Å²) < 4.78 is 13.8. The van der Waals surface area contributed by atoms with Crippen molar-refractivity contribution in [1.82, 2.24) is 0 Å². The lowest BCUT2D eigenvalue weighted by molar-refractivity contribution is 0.599. The molecule has 0 nitrogen and oxygen atoms in total. The molecule has 2 rings (SSSR count). The Morgan fingerprint density at radius 3 is 2.47 bits per heavy atom. The Labute approximate surface area is 126 Å². The Kier molecular flexibility index (Phi) is 5.00. The van der Waals surface area contributed by atoms with E-state index in [9.17, 15) is 4.39 Å². The molecule has 1 atom stereocenters. The molecule has 0 N–H and O–H groups in total. The zero-order valence-corrected chi connectivity index (χ0v) is 13.0. The minimum absolute atomic E-state index is 0.192. The highest BCUT2D eigenvalue weighted by atomic mass is 79.9. The molecule has 2 aromatic carbocycles. The highest BCUT2D eigenvalue weighted by molar-refractivity contribution is 9.09. The van der Waals surface area contributed by atoms with Crippen molar-refractivity contribution in [1.29, 1.82) is 0 Å². The average molecular weight is 342 g/mol. The maximum Gasteiger partial charge on any atom is 0.126 e. The van der Waals surface area contributed by atoms with Crippen LogP contribution in [0.3, 0.4) is 0 Å². The van der Waals surface area contributed by atoms with Crippen LogP contribution in [0.2, 0.25) is 5.02 Å². The first-order valence-electron chi connectivity index (χ1n) is 6.16. The first-order valence-corrected chi connectivity index (χ1v) is 7.66. The van der Waals surface area contributed by atoms with Crippen molar-refractivity contribution in [3.8, 4) is 0 Å². The number of aryl methyl sites for hydroxylation is 1. The molecule has 1 unspecified atom stereocenters. The third-order valence-electron chi connectivity index (χ3n) is 3.21. The van der Waals surface area contributed by atoms with Crippen molar-refractivity contribution in [2.75, 3.05) is 5.33 Å². The lowest BCUT2D eigenvalue weighted by Crippen LogP contribution is -2.06. The number of hydrogen-bond acceptors (Lipinski definition) is 0. The predicted octanol–water partition coefficient (Wildman–Crippen LogP) is 5.51. The molecule has 0 heterocycles. The zero-order chi connectivity index (χ0) is 13.8. The fraction of sp³-hybridized carbons (Fsp3) is 0.250. The average Bonchev–Trinajstić information content (AvgIpc) is 2.41. The molecule has 0 aliphatic rings. The van der Waals surface area contributed by atoms with Gasteiger partial charge in [-0.2, -0.15) is 0 Å². The second-order valence-electron chi connectivity index (χ2n) is 4.70. The van der Waals surface area contributed by atoms with Gasteiger partial charge in [0.05, 0.1) is 0 Å². The fourth-order valence-corrected chi connectivity index (χ4v) is 2.86. The SMILES string of the molecule is Cc1ccc(C(CBr)Cc2cc(Cl)ccc2F)cc1. The molecule has 0 aromatic heterocycles. The minimum Gasteiger partial charge on any atom is -0.207 e. The van der Waals surface area contributed by atoms with Crippen molar-refractivity contribution >= 4 is 27.5 Å². The molecule has 19 heavy (non-hydrogen) atoms. The molecular formula is C16H15BrClF. The maximum absolute atomic E-state index is 13.8. The second-order valence-corrected chi connectivity index (χ2v) is 5.79. The summed E-state index contributed by atoms with van der Waals surface area (Å²) in [5.41, 5.74) is 3.10. The summed E-state index contributed by atoms with van der Waals surface area (Å²) in [5, 5.41) is 1.37. The van der Waals surface area contributed by atoms with Crippen LogP contribution in [0.25, 0.3) is 0 Å². The molecule has 0 aliphatic heterocycles. The first kappa shape index (κ1) is 14.5. The molecule has 100 valence electrons. The summed E-state index contributed by atoms with van der Waals surface area (Å²) in [6.45, 7) is 2.06. The van der Waals surface area contributed by atoms with Crippen molar-refractivity contribution in [3.63, 3.8) is 0 Å². The monoisotopic (exact) mass is 340 g/mol. The topological polar surface area (TPSA) is 0 Å². The standard InChI is InChI=1S/C16H15BrClF/c1-11-2-4-12(5-3-11)14(10-17)8-13-9-15(18)6-7-16(13)19/h2-7,9,14H,8,10H2,1H3. The highest BCUT2D eigenvalue weighted by Gasteiger charge is 2.14. The summed E-state index contributed by atoms with van der Waals surface area (Å²) in [6, 6.07) is 13.1. The molecule has 0 fully saturated rings. The van der Waals surface area contributed by atoms with Crippen LogP contribution in [0.4, 0.5) is 4.39 Å². The minimum atomic E-state index is -0.192. The zero-order valence-electron chi connectivity index (χ0n) is 10.7. The van der Waals surface area contributed by atoms with Gasteiger partial charge in [0.15, 0.2) is 0 Å². The third kappa shape index (κ3) is 3.80. The fourth-order valence-electron chi connectivity index (χ4n) is 2.07. The lowest BCUT2D eigenvalue weighted by atomic mass is 9.93. The van der Waals surface area contributed by atoms with Crippen molar-refractivity contribution in [3.05, 3.63) is 70.0 Å². The van der Waals surface area contributed by atoms with Crippen molar-refractivity contribution in [2.24, 2.45) is 0 Å². The van der Waals surface area contributed by atoms with Crippen LogP contribution in [-0.4, -0.2) is 5.33 Å². The van der Waals surface area contributed by atoms with Gasteiger partial charge in [-0.25, -0.2) is 4.39 Å². The molecule has 0 aliphatic carbocycles. The first-order chi connectivity index (χ1) is 9.10. The van der Waals surface area contributed by atoms with Crippen molar-refractivity contribution < 1.29 is 4.39 Å². The van der Waals surface area contributed by atoms with Gasteiger partial charge in [0.25, 0.3) is 0 Å². The Hall–Kier alpha value is -0.860. The van der Waals surface area contributed by atoms with Gasteiger partial charge < -0.3 is 0 Å². The third-order valence-corrected chi connectivity index (χ3v) is 4.23. The molecule has 0 spiro atoms. The Morgan fingerprint density at radius 1 is 1.16 bits per heavy atom. The lowest BCUT2D eigenvalue weighted by Gasteiger charge is -2.15. The smallest absolute Gasteiger partial charge is 0.126 e. The van der Waals surface area contributed by atoms with E-state index < -0.39 is 0 Å². The number of alkyl halides is 1. The van der Waals surface area contributed by atoms with Crippen LogP contribution < -0.4 is 0 Å². The van der Waals surface area contributed by atoms with E-state index in [0.717, 1.165) is 5.33 Å². The van der Waals surface area contributed by atoms with Crippen LogP contribution in [0.15, 0.2) is 42.5 Å². The van der Waals surface area contributed by atoms with Crippen LogP contribution in [-0.2, 0) is 6.42 Å². The van der Waals surface area contributed by atoms with Gasteiger partial charge in [0.2, 0.25) is 0 Å². The second kappa shape index (κ2) is 6.53. The van der Waals surface area contributed by atoms with E-state index in [4.69, 9.17) is 11.6 Å². The Balaban J connectivity index is 2.23. The molecular weight excluding hydrogens is 327 g/mol. The van der Waals surface area contributed by atoms with Gasteiger partial charge in [-0.15, -0.1) is 0 Å². The summed E-state index contributed by atoms with van der Waals surface area (Å²) >= 11 is 9.45. The largest absolute Gasteiger partial charge is 0.207 e. The summed E-state index contributed by atoms with van der Waals surface area (Å²) in [7, 11) is 0. The van der Waals surface area contributed by atoms with E-state index in [0.29, 0.717) is 17.0 Å². The van der Waals surface area contributed by atoms with Crippen LogP contribution >= 0.6 is 27.5 Å². The molecule has 0 radical (unpaired) electrons. The van der Waals surface area contributed by atoms with Gasteiger partial charge in [-0.3, -0.25) is 0 Å². The van der Waals surface area contributed by atoms with E-state index in [1.807, 2.05) is 0 Å². The van der Waals surface area contributed by atoms with E-state index in [2.05, 4.69) is 47.1 Å². The van der Waals surface area contributed by atoms with E-state index in [1.165, 1.54) is 17.2 Å². The van der Waals surface area contributed by atoms with E-state index in [1.54, 1.807) is 12.1 Å². The normalized spacial score (nSPS) is 12.4. The number of hydrogen-bond donors (Lipinski definition) is 0. The number of rotatable bonds is 4. The Bertz CT molecular complexity index is 551. The molecule has 0 saturated carbocycles. The van der Waals surface area contributed by atoms with Gasteiger partial charge in [0.1, 0.15) is 5.82 Å². The van der Waals surface area contributed by atoms with Gasteiger partial charge >= 0.3 is 0 Å². The Morgan fingerprint density at radius 2 is 1.84 bits per heavy atom. The predicted molar refractivity (Wildman–Crippen MR) is 82.8 cm³/mol. The van der Waals surface area contributed by atoms with Crippen LogP contribution in [0, 0.1) is 12.7 Å². The molecule has 3 heteroatoms. The van der Waals surface area contributed by atoms with E-state index >= 15 is 0 Å². The molecule has 0 saturated heterocycles. The number of benzene rings is 2. The molecule has 2 aromatic rings. The summed E-state index contributed by atoms with van der Waals surface area (Å²) in [5.74, 6) is 0.0519. The van der Waals surface area contributed by atoms with Crippen molar-refractivity contribution in [2.45, 2.75) is 19.3 Å². The molecule has 0 bridgehead atoms. The maximum atomic E-state index is 13.8. The summed E-state index contributed by atoms with van der Waals surface area (Å²) in [6.07, 6.45) is 0.640. The molecule has 0 amide bonds. The van der Waals surface area contributed by atoms with Gasteiger partial charge in [0, 0.05) is 10.4 Å². The van der Waals surface area contributed by atoms with E-state index in [-0.39, 0.29) is 11.7 Å². The number of halogens is 3. The highest BCUT2D eigenvalue weighted by Crippen LogP contribution is 2.26. The van der Waals surface area contributed by atoms with Gasteiger partial charge in [-0.1, -0.05) is 57.4 Å². The quantitative estimate of drug-likeness (QED) is 0.643. The van der Waals surface area contributed by atoms with Crippen LogP contribution in [0.5, 0.6) is 0 Å².